The molecule has 0 spiro atoms. The number of nitrogens with one attached hydrogen (secondary N) is 1. The van der Waals surface area contributed by atoms with Crippen molar-refractivity contribution in [3.05, 3.63) is 39.8 Å². The van der Waals surface area contributed by atoms with Crippen LogP contribution in [0, 0.1) is 13.8 Å². The van der Waals surface area contributed by atoms with E-state index in [2.05, 4.69) is 9.71 Å². The fraction of sp³-hybridized carbons (Fsp3) is 0.357. The van der Waals surface area contributed by atoms with Crippen molar-refractivity contribution in [3.63, 3.8) is 0 Å². The molecule has 0 atom stereocenters. The zero-order valence-corrected chi connectivity index (χ0v) is 13.8. The smallest absolute Gasteiger partial charge is 0.240 e. The fourth-order valence-electron chi connectivity index (χ4n) is 1.96. The lowest BCUT2D eigenvalue weighted by molar-refractivity contribution is 0.414. The number of thiazole rings is 1. The standard InChI is InChI=1S/C14H18N2O3S2/c1-10-8-13(19-3)4-5-14(10)21(17,18)15-7-6-12-9-20-11(2)16-12/h4-5,8-9,15H,6-7H2,1-3H3. The Hall–Kier alpha value is -1.44. The second kappa shape index (κ2) is 6.55. The Labute approximate surface area is 129 Å². The van der Waals surface area contributed by atoms with Crippen LogP contribution in [0.2, 0.25) is 0 Å². The highest BCUT2D eigenvalue weighted by Crippen LogP contribution is 2.20. The van der Waals surface area contributed by atoms with Crippen molar-refractivity contribution in [1.29, 1.82) is 0 Å². The molecule has 114 valence electrons. The van der Waals surface area contributed by atoms with Gasteiger partial charge in [-0.25, -0.2) is 18.1 Å². The molecule has 2 rings (SSSR count). The first-order valence-electron chi connectivity index (χ1n) is 6.47. The van der Waals surface area contributed by atoms with E-state index >= 15 is 0 Å². The molecule has 0 amide bonds. The number of ether oxygens (including phenoxy) is 1. The van der Waals surface area contributed by atoms with Gasteiger partial charge in [-0.1, -0.05) is 0 Å². The Morgan fingerprint density at radius 2 is 2.10 bits per heavy atom. The van der Waals surface area contributed by atoms with Gasteiger partial charge in [-0.05, 0) is 37.6 Å². The predicted octanol–water partition coefficient (Wildman–Crippen LogP) is 2.29. The van der Waals surface area contributed by atoms with Crippen molar-refractivity contribution >= 4 is 21.4 Å². The number of methoxy groups -OCH3 is 1. The molecule has 0 unspecified atom stereocenters. The number of rotatable bonds is 6. The average Bonchev–Trinajstić information content (AvgIpc) is 2.83. The third kappa shape index (κ3) is 4.03. The number of aromatic nitrogens is 1. The van der Waals surface area contributed by atoms with Gasteiger partial charge in [0.05, 0.1) is 22.7 Å². The summed E-state index contributed by atoms with van der Waals surface area (Å²) in [6, 6.07) is 4.91. The third-order valence-corrected chi connectivity index (χ3v) is 5.45. The molecule has 1 heterocycles. The topological polar surface area (TPSA) is 68.3 Å². The molecular weight excluding hydrogens is 308 g/mol. The molecule has 0 fully saturated rings. The van der Waals surface area contributed by atoms with Crippen LogP contribution in [0.5, 0.6) is 5.75 Å². The van der Waals surface area contributed by atoms with Gasteiger partial charge in [0.15, 0.2) is 0 Å². The van der Waals surface area contributed by atoms with Crippen molar-refractivity contribution in [2.75, 3.05) is 13.7 Å². The number of hydrogen-bond acceptors (Lipinski definition) is 5. The largest absolute Gasteiger partial charge is 0.497 e. The van der Waals surface area contributed by atoms with Crippen LogP contribution >= 0.6 is 11.3 Å². The number of hydrogen-bond donors (Lipinski definition) is 1. The van der Waals surface area contributed by atoms with Crippen molar-refractivity contribution in [3.8, 4) is 5.75 Å². The maximum atomic E-state index is 12.3. The van der Waals surface area contributed by atoms with E-state index in [-0.39, 0.29) is 4.90 Å². The van der Waals surface area contributed by atoms with E-state index in [0.717, 1.165) is 10.7 Å². The van der Waals surface area contributed by atoms with Gasteiger partial charge in [-0.3, -0.25) is 0 Å². The third-order valence-electron chi connectivity index (χ3n) is 3.01. The van der Waals surface area contributed by atoms with Gasteiger partial charge in [-0.2, -0.15) is 0 Å². The molecule has 0 radical (unpaired) electrons. The molecule has 7 heteroatoms. The minimum Gasteiger partial charge on any atom is -0.497 e. The van der Waals surface area contributed by atoms with Crippen molar-refractivity contribution in [2.24, 2.45) is 0 Å². The quantitative estimate of drug-likeness (QED) is 0.884. The highest BCUT2D eigenvalue weighted by Gasteiger charge is 2.16. The summed E-state index contributed by atoms with van der Waals surface area (Å²) in [5.74, 6) is 0.643. The van der Waals surface area contributed by atoms with Gasteiger partial charge >= 0.3 is 0 Å². The van der Waals surface area contributed by atoms with Gasteiger partial charge < -0.3 is 4.74 Å². The lowest BCUT2D eigenvalue weighted by Crippen LogP contribution is -2.26. The van der Waals surface area contributed by atoms with Crippen molar-refractivity contribution in [1.82, 2.24) is 9.71 Å². The zero-order chi connectivity index (χ0) is 15.5. The van der Waals surface area contributed by atoms with Crippen molar-refractivity contribution < 1.29 is 13.2 Å². The summed E-state index contributed by atoms with van der Waals surface area (Å²) in [7, 11) is -1.96. The van der Waals surface area contributed by atoms with Gasteiger partial charge in [0.2, 0.25) is 10.0 Å². The second-order valence-electron chi connectivity index (χ2n) is 4.64. The van der Waals surface area contributed by atoms with E-state index in [1.54, 1.807) is 43.6 Å². The maximum absolute atomic E-state index is 12.3. The molecule has 1 N–H and O–H groups in total. The predicted molar refractivity (Wildman–Crippen MR) is 83.5 cm³/mol. The molecule has 1 aromatic carbocycles. The Bertz CT molecular complexity index is 724. The first kappa shape index (κ1) is 15.9. The van der Waals surface area contributed by atoms with Crippen LogP contribution in [0.15, 0.2) is 28.5 Å². The number of sulfonamides is 1. The molecule has 0 bridgehead atoms. The van der Waals surface area contributed by atoms with Crippen molar-refractivity contribution in [2.45, 2.75) is 25.2 Å². The summed E-state index contributed by atoms with van der Waals surface area (Å²) < 4.78 is 32.2. The van der Waals surface area contributed by atoms with Crippen LogP contribution in [0.4, 0.5) is 0 Å². The number of nitrogens with zero attached hydrogens (tertiary/aromatic N) is 1. The molecule has 21 heavy (non-hydrogen) atoms. The first-order valence-corrected chi connectivity index (χ1v) is 8.84. The highest BCUT2D eigenvalue weighted by molar-refractivity contribution is 7.89. The molecule has 0 saturated heterocycles. The lowest BCUT2D eigenvalue weighted by Gasteiger charge is -2.10. The molecule has 0 aliphatic rings. The zero-order valence-electron chi connectivity index (χ0n) is 12.2. The maximum Gasteiger partial charge on any atom is 0.240 e. The molecule has 5 nitrogen and oxygen atoms in total. The Balaban J connectivity index is 2.04. The van der Waals surface area contributed by atoms with Crippen LogP contribution in [-0.2, 0) is 16.4 Å². The summed E-state index contributed by atoms with van der Waals surface area (Å²) in [5, 5.41) is 2.93. The van der Waals surface area contributed by atoms with E-state index in [9.17, 15) is 8.42 Å². The number of aryl methyl sites for hydroxylation is 2. The van der Waals surface area contributed by atoms with Crippen LogP contribution < -0.4 is 9.46 Å². The first-order chi connectivity index (χ1) is 9.92. The Kier molecular flexibility index (Phi) is 4.97. The molecule has 0 aliphatic carbocycles. The van der Waals surface area contributed by atoms with Crippen LogP contribution in [0.25, 0.3) is 0 Å². The minimum absolute atomic E-state index is 0.276. The molecular formula is C14H18N2O3S2. The summed E-state index contributed by atoms with van der Waals surface area (Å²) in [6.45, 7) is 4.01. The summed E-state index contributed by atoms with van der Waals surface area (Å²) in [6.07, 6.45) is 0.582. The second-order valence-corrected chi connectivity index (χ2v) is 7.43. The fourth-order valence-corrected chi connectivity index (χ4v) is 3.87. The van der Waals surface area contributed by atoms with Crippen LogP contribution in [0.3, 0.4) is 0 Å². The van der Waals surface area contributed by atoms with Gasteiger partial charge in [0.25, 0.3) is 0 Å². The summed E-state index contributed by atoms with van der Waals surface area (Å²) >= 11 is 1.56. The van der Waals surface area contributed by atoms with E-state index in [4.69, 9.17) is 4.74 Å². The summed E-state index contributed by atoms with van der Waals surface area (Å²) in [4.78, 5) is 4.59. The van der Waals surface area contributed by atoms with Gasteiger partial charge in [-0.15, -0.1) is 11.3 Å². The van der Waals surface area contributed by atoms with Gasteiger partial charge in [0, 0.05) is 18.3 Å². The van der Waals surface area contributed by atoms with E-state index in [1.165, 1.54) is 0 Å². The number of benzene rings is 1. The van der Waals surface area contributed by atoms with E-state index in [0.29, 0.717) is 24.3 Å². The van der Waals surface area contributed by atoms with Crippen LogP contribution in [0.1, 0.15) is 16.3 Å². The van der Waals surface area contributed by atoms with Gasteiger partial charge in [0.1, 0.15) is 5.75 Å². The molecule has 0 aliphatic heterocycles. The normalized spacial score (nSPS) is 11.6. The SMILES string of the molecule is COc1ccc(S(=O)(=O)NCCc2csc(C)n2)c(C)c1. The highest BCUT2D eigenvalue weighted by atomic mass is 32.2. The van der Waals surface area contributed by atoms with Crippen LogP contribution in [-0.4, -0.2) is 27.1 Å². The summed E-state index contributed by atoms with van der Waals surface area (Å²) in [5.41, 5.74) is 1.57. The molecule has 2 aromatic rings. The average molecular weight is 326 g/mol. The Morgan fingerprint density at radius 1 is 1.33 bits per heavy atom. The Morgan fingerprint density at radius 3 is 2.67 bits per heavy atom. The van der Waals surface area contributed by atoms with E-state index < -0.39 is 10.0 Å². The molecule has 0 saturated carbocycles. The minimum atomic E-state index is -3.51. The monoisotopic (exact) mass is 326 g/mol. The molecule has 1 aromatic heterocycles. The lowest BCUT2D eigenvalue weighted by atomic mass is 10.2. The van der Waals surface area contributed by atoms with E-state index in [1.807, 2.05) is 12.3 Å².